The minimum Gasteiger partial charge on any atom is -0.479 e. The van der Waals surface area contributed by atoms with Crippen molar-refractivity contribution < 1.29 is 29.0 Å². The highest BCUT2D eigenvalue weighted by atomic mass is 16.6. The molecule has 37 heavy (non-hydrogen) atoms. The Kier molecular flexibility index (Phi) is 7.62. The molecule has 1 aromatic rings. The van der Waals surface area contributed by atoms with E-state index in [1.165, 1.54) is 4.90 Å². The summed E-state index contributed by atoms with van der Waals surface area (Å²) in [5.74, 6) is -2.21. The van der Waals surface area contributed by atoms with Crippen LogP contribution in [0.25, 0.3) is 0 Å². The molecule has 1 aliphatic carbocycles. The van der Waals surface area contributed by atoms with Crippen molar-refractivity contribution in [3.8, 4) is 0 Å². The molecule has 0 radical (unpaired) electrons. The predicted molar refractivity (Wildman–Crippen MR) is 136 cm³/mol. The van der Waals surface area contributed by atoms with Gasteiger partial charge in [0.05, 0.1) is 0 Å². The van der Waals surface area contributed by atoms with Crippen LogP contribution in [-0.2, 0) is 32.1 Å². The molecular weight excluding hydrogens is 474 g/mol. The van der Waals surface area contributed by atoms with Crippen LogP contribution in [0.3, 0.4) is 0 Å². The number of amides is 3. The number of aliphatic carboxylic acids is 1. The van der Waals surface area contributed by atoms with E-state index in [0.717, 1.165) is 30.4 Å². The van der Waals surface area contributed by atoms with E-state index in [9.17, 15) is 24.3 Å². The van der Waals surface area contributed by atoms with E-state index in [0.29, 0.717) is 19.3 Å². The number of nitrogens with one attached hydrogen (secondary N) is 2. The third-order valence-electron chi connectivity index (χ3n) is 7.30. The number of alkyl carbamates (subject to hydrolysis) is 1. The Morgan fingerprint density at radius 2 is 1.86 bits per heavy atom. The molecule has 3 aliphatic rings. The first-order valence-electron chi connectivity index (χ1n) is 13.1. The average molecular weight is 512 g/mol. The van der Waals surface area contributed by atoms with E-state index in [2.05, 4.69) is 10.6 Å². The summed E-state index contributed by atoms with van der Waals surface area (Å²) in [6.45, 7) is 5.46. The van der Waals surface area contributed by atoms with Gasteiger partial charge in [-0.05, 0) is 57.6 Å². The predicted octanol–water partition coefficient (Wildman–Crippen LogP) is 3.31. The van der Waals surface area contributed by atoms with E-state index in [4.69, 9.17) is 4.74 Å². The van der Waals surface area contributed by atoms with Gasteiger partial charge in [-0.25, -0.2) is 9.59 Å². The molecule has 0 spiro atoms. The SMILES string of the molecule is CC(C)(C)OC(=O)N[C@H]1CCCCC/C=C\[C@@H]2C[C@@]2(C(=O)O)NC(=O)C2Cc3ccccc3CN2C1=O. The Hall–Kier alpha value is -3.36. The molecule has 9 heteroatoms. The first kappa shape index (κ1) is 26.7. The normalized spacial score (nSPS) is 29.3. The number of carbonyl (C=O) groups excluding carboxylic acids is 3. The summed E-state index contributed by atoms with van der Waals surface area (Å²) in [4.78, 5) is 53.8. The lowest BCUT2D eigenvalue weighted by atomic mass is 9.92. The number of ether oxygens (including phenoxy) is 1. The molecule has 4 rings (SSSR count). The summed E-state index contributed by atoms with van der Waals surface area (Å²) in [7, 11) is 0. The Morgan fingerprint density at radius 3 is 2.57 bits per heavy atom. The summed E-state index contributed by atoms with van der Waals surface area (Å²) < 4.78 is 5.41. The van der Waals surface area contributed by atoms with Gasteiger partial charge in [-0.2, -0.15) is 0 Å². The fraction of sp³-hybridized carbons (Fsp3) is 0.571. The van der Waals surface area contributed by atoms with Crippen molar-refractivity contribution in [3.05, 3.63) is 47.5 Å². The van der Waals surface area contributed by atoms with Gasteiger partial charge in [-0.1, -0.05) is 49.3 Å². The van der Waals surface area contributed by atoms with Gasteiger partial charge in [-0.15, -0.1) is 0 Å². The van der Waals surface area contributed by atoms with Gasteiger partial charge in [-0.3, -0.25) is 9.59 Å². The molecule has 2 aliphatic heterocycles. The fourth-order valence-electron chi connectivity index (χ4n) is 5.21. The highest BCUT2D eigenvalue weighted by molar-refractivity contribution is 5.96. The molecule has 1 aromatic carbocycles. The van der Waals surface area contributed by atoms with E-state index in [-0.39, 0.29) is 24.8 Å². The maximum absolute atomic E-state index is 13.9. The van der Waals surface area contributed by atoms with Crippen LogP contribution < -0.4 is 10.6 Å². The summed E-state index contributed by atoms with van der Waals surface area (Å²) in [5, 5.41) is 15.5. The number of nitrogens with zero attached hydrogens (tertiary/aromatic N) is 1. The van der Waals surface area contributed by atoms with E-state index < -0.39 is 41.2 Å². The largest absolute Gasteiger partial charge is 0.479 e. The number of fused-ring (bicyclic) bond motifs is 3. The van der Waals surface area contributed by atoms with Gasteiger partial charge in [0.2, 0.25) is 11.8 Å². The molecule has 3 N–H and O–H groups in total. The molecular formula is C28H37N3O6. The molecule has 0 aromatic heterocycles. The van der Waals surface area contributed by atoms with Crippen molar-refractivity contribution in [1.82, 2.24) is 15.5 Å². The minimum absolute atomic E-state index is 0.197. The first-order valence-corrected chi connectivity index (χ1v) is 13.1. The molecule has 4 atom stereocenters. The second-order valence-electron chi connectivity index (χ2n) is 11.3. The number of hydrogen-bond donors (Lipinski definition) is 3. The minimum atomic E-state index is -1.35. The number of hydrogen-bond acceptors (Lipinski definition) is 5. The Bertz CT molecular complexity index is 1090. The zero-order valence-electron chi connectivity index (χ0n) is 21.8. The van der Waals surface area contributed by atoms with Crippen LogP contribution in [0.15, 0.2) is 36.4 Å². The lowest BCUT2D eigenvalue weighted by Gasteiger charge is -2.38. The highest BCUT2D eigenvalue weighted by Gasteiger charge is 2.61. The quantitative estimate of drug-likeness (QED) is 0.523. The highest BCUT2D eigenvalue weighted by Crippen LogP contribution is 2.45. The molecule has 3 amide bonds. The average Bonchev–Trinajstić information content (AvgIpc) is 3.53. The van der Waals surface area contributed by atoms with E-state index in [1.54, 1.807) is 20.8 Å². The smallest absolute Gasteiger partial charge is 0.408 e. The van der Waals surface area contributed by atoms with Crippen LogP contribution in [0, 0.1) is 5.92 Å². The van der Waals surface area contributed by atoms with Crippen molar-refractivity contribution in [3.63, 3.8) is 0 Å². The van der Waals surface area contributed by atoms with Crippen LogP contribution in [0.5, 0.6) is 0 Å². The van der Waals surface area contributed by atoms with Gasteiger partial charge in [0.1, 0.15) is 23.2 Å². The van der Waals surface area contributed by atoms with Crippen molar-refractivity contribution in [2.75, 3.05) is 0 Å². The molecule has 200 valence electrons. The number of benzene rings is 1. The Morgan fingerprint density at radius 1 is 1.14 bits per heavy atom. The molecule has 1 fully saturated rings. The van der Waals surface area contributed by atoms with E-state index in [1.807, 2.05) is 36.4 Å². The standard InChI is InChI=1S/C28H37N3O6/c1-27(2,3)37-26(36)29-21-14-8-6-4-5-7-13-20-16-28(20,25(34)35)30-23(32)22-15-18-11-9-10-12-19(18)17-31(22)24(21)33/h7,9-13,20-22H,4-6,8,14-17H2,1-3H3,(H,29,36)(H,30,32)(H,34,35)/b13-7-/t20-,21+,22?,28-/m1/s1. The summed E-state index contributed by atoms with van der Waals surface area (Å²) in [6.07, 6.45) is 7.41. The van der Waals surface area contributed by atoms with Gasteiger partial charge in [0.25, 0.3) is 0 Å². The maximum Gasteiger partial charge on any atom is 0.408 e. The lowest BCUT2D eigenvalue weighted by molar-refractivity contribution is -0.147. The van der Waals surface area contributed by atoms with Crippen molar-refractivity contribution in [1.29, 1.82) is 0 Å². The third-order valence-corrected chi connectivity index (χ3v) is 7.30. The number of rotatable bonds is 2. The van der Waals surface area contributed by atoms with Gasteiger partial charge in [0.15, 0.2) is 0 Å². The first-order chi connectivity index (χ1) is 17.5. The second-order valence-corrected chi connectivity index (χ2v) is 11.3. The van der Waals surface area contributed by atoms with Crippen molar-refractivity contribution in [2.45, 2.75) is 95.5 Å². The van der Waals surface area contributed by atoms with Crippen LogP contribution >= 0.6 is 0 Å². The van der Waals surface area contributed by atoms with Gasteiger partial charge >= 0.3 is 12.1 Å². The Labute approximate surface area is 217 Å². The molecule has 1 unspecified atom stereocenters. The zero-order chi connectivity index (χ0) is 26.8. The Balaban J connectivity index is 1.66. The number of carboxylic acid groups (broad SMARTS) is 1. The molecule has 0 saturated heterocycles. The molecule has 9 nitrogen and oxygen atoms in total. The molecule has 1 saturated carbocycles. The number of allylic oxidation sites excluding steroid dienone is 1. The topological polar surface area (TPSA) is 125 Å². The molecule has 2 heterocycles. The van der Waals surface area contributed by atoms with Crippen LogP contribution in [0.2, 0.25) is 0 Å². The fourth-order valence-corrected chi connectivity index (χ4v) is 5.21. The lowest BCUT2D eigenvalue weighted by Crippen LogP contribution is -2.60. The van der Waals surface area contributed by atoms with Crippen molar-refractivity contribution >= 4 is 23.9 Å². The molecule has 0 bridgehead atoms. The summed E-state index contributed by atoms with van der Waals surface area (Å²) in [6, 6.07) is 5.85. The van der Waals surface area contributed by atoms with Crippen LogP contribution in [-0.4, -0.2) is 57.1 Å². The van der Waals surface area contributed by atoms with Crippen LogP contribution in [0.4, 0.5) is 4.79 Å². The summed E-state index contributed by atoms with van der Waals surface area (Å²) >= 11 is 0. The zero-order valence-corrected chi connectivity index (χ0v) is 21.8. The summed E-state index contributed by atoms with van der Waals surface area (Å²) in [5.41, 5.74) is -0.211. The monoisotopic (exact) mass is 511 g/mol. The number of carbonyl (C=O) groups is 4. The van der Waals surface area contributed by atoms with Gasteiger partial charge < -0.3 is 25.4 Å². The van der Waals surface area contributed by atoms with Crippen molar-refractivity contribution in [2.24, 2.45) is 5.92 Å². The van der Waals surface area contributed by atoms with Crippen LogP contribution in [0.1, 0.15) is 70.4 Å². The second kappa shape index (κ2) is 10.6. The van der Waals surface area contributed by atoms with E-state index >= 15 is 0 Å². The van der Waals surface area contributed by atoms with Gasteiger partial charge in [0, 0.05) is 18.9 Å². The number of carboxylic acids is 1. The maximum atomic E-state index is 13.9. The third kappa shape index (κ3) is 6.14.